The van der Waals surface area contributed by atoms with Crippen LogP contribution in [0, 0.1) is 0 Å². The second-order valence-electron chi connectivity index (χ2n) is 10.7. The summed E-state index contributed by atoms with van der Waals surface area (Å²) in [5, 5.41) is 12.3. The Morgan fingerprint density at radius 3 is 2.45 bits per heavy atom. The molecule has 13 nitrogen and oxygen atoms in total. The molecule has 2 aliphatic rings. The topological polar surface area (TPSA) is 171 Å². The lowest BCUT2D eigenvalue weighted by molar-refractivity contribution is -0.0435. The van der Waals surface area contributed by atoms with Gasteiger partial charge in [-0.1, -0.05) is 18.2 Å². The number of carbonyl (C=O) groups is 1. The summed E-state index contributed by atoms with van der Waals surface area (Å²) in [4.78, 5) is 21.3. The number of nitrogens with one attached hydrogen (secondary N) is 2. The van der Waals surface area contributed by atoms with Crippen molar-refractivity contribution in [1.29, 1.82) is 0 Å². The number of anilines is 2. The number of hydrogen-bond donors (Lipinski definition) is 3. The predicted molar refractivity (Wildman–Crippen MR) is 166 cm³/mol. The van der Waals surface area contributed by atoms with Gasteiger partial charge in [0.25, 0.3) is 19.9 Å². The summed E-state index contributed by atoms with van der Waals surface area (Å²) in [5.74, 6) is 0.0930. The van der Waals surface area contributed by atoms with Crippen LogP contribution in [0.1, 0.15) is 17.7 Å². The number of thioether (sulfide) groups is 1. The van der Waals surface area contributed by atoms with Gasteiger partial charge >= 0.3 is 11.6 Å². The van der Waals surface area contributed by atoms with Gasteiger partial charge in [-0.05, 0) is 36.8 Å². The summed E-state index contributed by atoms with van der Waals surface area (Å²) in [6.45, 7) is 2.66. The molecule has 1 unspecified atom stereocenters. The number of hydrogen-bond acceptors (Lipinski definition) is 11. The van der Waals surface area contributed by atoms with Crippen LogP contribution < -0.4 is 10.0 Å². The number of alkyl halides is 3. The van der Waals surface area contributed by atoms with E-state index in [1.165, 1.54) is 11.8 Å². The Kier molecular flexibility index (Phi) is 10.5. The SMILES string of the molecule is O=C(O)N1Cc2ncnc(NS(=O)(=O)c3ccc(NC(CCN4CCOCC4)CSc4ccccc4)c(S(=O)(=O)C(F)(F)F)c3)c2C1. The lowest BCUT2D eigenvalue weighted by Crippen LogP contribution is -2.39. The van der Waals surface area contributed by atoms with Crippen LogP contribution in [0.15, 0.2) is 69.5 Å². The predicted octanol–water partition coefficient (Wildman–Crippen LogP) is 3.86. The minimum atomic E-state index is -6.02. The molecule has 254 valence electrons. The van der Waals surface area contributed by atoms with Crippen molar-refractivity contribution in [2.75, 3.05) is 48.6 Å². The molecule has 0 spiro atoms. The van der Waals surface area contributed by atoms with E-state index in [0.717, 1.165) is 28.3 Å². The number of amides is 1. The van der Waals surface area contributed by atoms with Gasteiger partial charge in [0.15, 0.2) is 0 Å². The first-order valence-corrected chi connectivity index (χ1v) is 18.2. The highest BCUT2D eigenvalue weighted by molar-refractivity contribution is 7.99. The highest BCUT2D eigenvalue weighted by Crippen LogP contribution is 2.37. The van der Waals surface area contributed by atoms with E-state index in [9.17, 15) is 39.9 Å². The quantitative estimate of drug-likeness (QED) is 0.232. The van der Waals surface area contributed by atoms with E-state index in [1.807, 2.05) is 30.3 Å². The van der Waals surface area contributed by atoms with Gasteiger partial charge in [0.2, 0.25) is 0 Å². The maximum Gasteiger partial charge on any atom is 0.501 e. The smallest absolute Gasteiger partial charge is 0.465 e. The van der Waals surface area contributed by atoms with Crippen LogP contribution in [0.3, 0.4) is 0 Å². The molecule has 3 aromatic rings. The first-order valence-electron chi connectivity index (χ1n) is 14.3. The molecular weight excluding hydrogens is 686 g/mol. The van der Waals surface area contributed by atoms with Crippen LogP contribution in [-0.4, -0.2) is 98.0 Å². The van der Waals surface area contributed by atoms with E-state index in [4.69, 9.17) is 4.74 Å². The van der Waals surface area contributed by atoms with Gasteiger partial charge in [-0.3, -0.25) is 14.5 Å². The van der Waals surface area contributed by atoms with E-state index in [1.54, 1.807) is 0 Å². The van der Waals surface area contributed by atoms with Crippen LogP contribution in [0.4, 0.5) is 29.5 Å². The Morgan fingerprint density at radius 1 is 1.04 bits per heavy atom. The number of benzene rings is 2. The minimum Gasteiger partial charge on any atom is -0.465 e. The van der Waals surface area contributed by atoms with Crippen molar-refractivity contribution in [3.63, 3.8) is 0 Å². The molecule has 3 heterocycles. The van der Waals surface area contributed by atoms with Crippen LogP contribution in [0.5, 0.6) is 0 Å². The second-order valence-corrected chi connectivity index (χ2v) is 15.4. The molecule has 1 atom stereocenters. The average molecular weight is 717 g/mol. The Hall–Kier alpha value is -3.65. The number of halogens is 3. The number of nitrogens with zero attached hydrogens (tertiary/aromatic N) is 4. The highest BCUT2D eigenvalue weighted by Gasteiger charge is 2.48. The van der Waals surface area contributed by atoms with E-state index in [-0.39, 0.29) is 30.2 Å². The third-order valence-electron chi connectivity index (χ3n) is 7.53. The van der Waals surface area contributed by atoms with Gasteiger partial charge in [-0.25, -0.2) is 31.6 Å². The Labute approximate surface area is 273 Å². The normalized spacial score (nSPS) is 16.4. The van der Waals surface area contributed by atoms with E-state index < -0.39 is 53.0 Å². The summed E-state index contributed by atoms with van der Waals surface area (Å²) >= 11 is 1.44. The highest BCUT2D eigenvalue weighted by atomic mass is 32.2. The minimum absolute atomic E-state index is 0.120. The van der Waals surface area contributed by atoms with Crippen molar-refractivity contribution in [2.24, 2.45) is 0 Å². The molecule has 0 saturated carbocycles. The van der Waals surface area contributed by atoms with Gasteiger partial charge in [0, 0.05) is 41.9 Å². The molecule has 0 bridgehead atoms. The fraction of sp³-hybridized carbons (Fsp3) is 0.393. The van der Waals surface area contributed by atoms with Crippen LogP contribution >= 0.6 is 11.8 Å². The zero-order valence-electron chi connectivity index (χ0n) is 24.7. The van der Waals surface area contributed by atoms with Gasteiger partial charge in [0.1, 0.15) is 17.0 Å². The molecule has 1 aromatic heterocycles. The number of ether oxygens (including phenoxy) is 1. The molecule has 0 radical (unpaired) electrons. The molecule has 2 aliphatic heterocycles. The van der Waals surface area contributed by atoms with E-state index in [0.29, 0.717) is 51.1 Å². The summed E-state index contributed by atoms with van der Waals surface area (Å²) < 4.78 is 102. The molecule has 5 rings (SSSR count). The maximum atomic E-state index is 14.0. The van der Waals surface area contributed by atoms with Gasteiger partial charge in [-0.15, -0.1) is 11.8 Å². The number of carboxylic acid groups (broad SMARTS) is 1. The molecule has 1 saturated heterocycles. The molecule has 2 aromatic carbocycles. The third kappa shape index (κ3) is 8.26. The lowest BCUT2D eigenvalue weighted by Gasteiger charge is -2.29. The maximum absolute atomic E-state index is 14.0. The second kappa shape index (κ2) is 14.2. The average Bonchev–Trinajstić information content (AvgIpc) is 3.49. The van der Waals surface area contributed by atoms with Crippen molar-refractivity contribution in [1.82, 2.24) is 19.8 Å². The standard InChI is InChI=1S/C28H31F3N6O7S3/c29-28(30,31)46(40,41)25-14-21(47(42,43)35-26-22-15-37(27(38)39)16-24(22)32-18-33-26)6-7-23(25)34-19(8-9-36-10-12-44-13-11-36)17-45-20-4-2-1-3-5-20/h1-7,14,18-19,34H,8-13,15-17H2,(H,38,39)(H,32,33,35). The Bertz CT molecular complexity index is 1810. The van der Waals surface area contributed by atoms with Crippen LogP contribution in [0.25, 0.3) is 0 Å². The number of rotatable bonds is 12. The molecular formula is C28H31F3N6O7S3. The molecule has 47 heavy (non-hydrogen) atoms. The summed E-state index contributed by atoms with van der Waals surface area (Å²) in [6.07, 6.45) is 0.186. The fourth-order valence-electron chi connectivity index (χ4n) is 5.02. The number of sulfonamides is 1. The van der Waals surface area contributed by atoms with E-state index in [2.05, 4.69) is 24.9 Å². The zero-order valence-corrected chi connectivity index (χ0v) is 27.1. The van der Waals surface area contributed by atoms with Crippen molar-refractivity contribution >= 4 is 49.2 Å². The van der Waals surface area contributed by atoms with E-state index >= 15 is 0 Å². The molecule has 19 heteroatoms. The zero-order chi connectivity index (χ0) is 33.8. The molecule has 1 fully saturated rings. The number of sulfone groups is 1. The van der Waals surface area contributed by atoms with Crippen LogP contribution in [0.2, 0.25) is 0 Å². The molecule has 3 N–H and O–H groups in total. The molecule has 0 aliphatic carbocycles. The Balaban J connectivity index is 1.45. The van der Waals surface area contributed by atoms with Crippen molar-refractivity contribution < 1.29 is 44.6 Å². The number of aromatic nitrogens is 2. The van der Waals surface area contributed by atoms with Crippen molar-refractivity contribution in [2.45, 2.75) is 45.7 Å². The summed E-state index contributed by atoms with van der Waals surface area (Å²) in [7, 11) is -10.7. The summed E-state index contributed by atoms with van der Waals surface area (Å²) in [6, 6.07) is 11.2. The van der Waals surface area contributed by atoms with Gasteiger partial charge in [0.05, 0.1) is 42.6 Å². The van der Waals surface area contributed by atoms with Crippen LogP contribution in [-0.2, 0) is 37.7 Å². The Morgan fingerprint density at radius 2 is 1.77 bits per heavy atom. The van der Waals surface area contributed by atoms with Crippen molar-refractivity contribution in [3.05, 3.63) is 66.1 Å². The first-order chi connectivity index (χ1) is 22.2. The van der Waals surface area contributed by atoms with Crippen molar-refractivity contribution in [3.8, 4) is 0 Å². The first kappa shape index (κ1) is 34.7. The number of fused-ring (bicyclic) bond motifs is 1. The monoisotopic (exact) mass is 716 g/mol. The molecule has 1 amide bonds. The summed E-state index contributed by atoms with van der Waals surface area (Å²) in [5.41, 5.74) is -5.72. The van der Waals surface area contributed by atoms with Gasteiger partial charge in [-0.2, -0.15) is 13.2 Å². The lowest BCUT2D eigenvalue weighted by atomic mass is 10.2. The van der Waals surface area contributed by atoms with Gasteiger partial charge < -0.3 is 15.2 Å². The number of morpholine rings is 1. The largest absolute Gasteiger partial charge is 0.501 e. The third-order valence-corrected chi connectivity index (χ3v) is 11.6. The fourth-order valence-corrected chi connectivity index (χ4v) is 8.10.